The molecule has 0 atom stereocenters. The topological polar surface area (TPSA) is 85.9 Å². The van der Waals surface area contributed by atoms with E-state index in [1.165, 1.54) is 44.7 Å². The zero-order chi connectivity index (χ0) is 24.5. The molecule has 0 unspecified atom stereocenters. The molecule has 0 aliphatic rings. The molecule has 1 heterocycles. The molecule has 0 saturated heterocycles. The van der Waals surface area contributed by atoms with Gasteiger partial charge in [-0.15, -0.1) is 0 Å². The Hall–Kier alpha value is -4.34. The first kappa shape index (κ1) is 22.8. The highest BCUT2D eigenvalue weighted by molar-refractivity contribution is 5.83. The Kier molecular flexibility index (Phi) is 5.97. The average molecular weight is 469 g/mol. The standard InChI is InChI=1S/C24H18F3N3O4/c1-33-19-10-14(11-20(34-2)21(19)31)13-28-30-22(15-6-5-7-16(12-15)24(25,26)27)29-18-9-4-3-8-17(18)23(30)32/h3-13,31H,1-2H3. The van der Waals surface area contributed by atoms with Crippen LogP contribution >= 0.6 is 0 Å². The summed E-state index contributed by atoms with van der Waals surface area (Å²) in [6.45, 7) is 0. The minimum absolute atomic E-state index is 0.0655. The number of phenols is 1. The number of hydrogen-bond donors (Lipinski definition) is 1. The maximum Gasteiger partial charge on any atom is 0.416 e. The second-order valence-corrected chi connectivity index (χ2v) is 7.17. The molecular formula is C24H18F3N3O4. The normalized spacial score (nSPS) is 11.8. The van der Waals surface area contributed by atoms with Gasteiger partial charge in [-0.3, -0.25) is 4.79 Å². The van der Waals surface area contributed by atoms with Crippen molar-refractivity contribution >= 4 is 17.1 Å². The lowest BCUT2D eigenvalue weighted by Crippen LogP contribution is -2.20. The first-order valence-corrected chi connectivity index (χ1v) is 9.91. The maximum absolute atomic E-state index is 13.3. The highest BCUT2D eigenvalue weighted by Gasteiger charge is 2.31. The van der Waals surface area contributed by atoms with Crippen molar-refractivity contribution in [3.05, 3.63) is 82.1 Å². The number of rotatable bonds is 5. The Morgan fingerprint density at radius 2 is 1.68 bits per heavy atom. The van der Waals surface area contributed by atoms with Crippen molar-refractivity contribution in [1.29, 1.82) is 0 Å². The van der Waals surface area contributed by atoms with Crippen molar-refractivity contribution in [2.24, 2.45) is 5.10 Å². The SMILES string of the molecule is COc1cc(C=Nn2c(-c3cccc(C(F)(F)F)c3)nc3ccccc3c2=O)cc(OC)c1O. The number of alkyl halides is 3. The highest BCUT2D eigenvalue weighted by Crippen LogP contribution is 2.36. The second kappa shape index (κ2) is 8.89. The van der Waals surface area contributed by atoms with Crippen molar-refractivity contribution in [3.8, 4) is 28.6 Å². The van der Waals surface area contributed by atoms with Gasteiger partial charge in [-0.2, -0.15) is 22.9 Å². The number of nitrogens with zero attached hydrogens (tertiary/aromatic N) is 3. The lowest BCUT2D eigenvalue weighted by atomic mass is 10.1. The van der Waals surface area contributed by atoms with Gasteiger partial charge in [0.1, 0.15) is 0 Å². The molecule has 0 amide bonds. The van der Waals surface area contributed by atoms with Crippen molar-refractivity contribution in [2.75, 3.05) is 14.2 Å². The van der Waals surface area contributed by atoms with Crippen LogP contribution in [0.4, 0.5) is 13.2 Å². The number of aromatic nitrogens is 2. The van der Waals surface area contributed by atoms with Gasteiger partial charge in [0.05, 0.1) is 36.9 Å². The van der Waals surface area contributed by atoms with Crippen molar-refractivity contribution in [1.82, 2.24) is 9.66 Å². The Morgan fingerprint density at radius 3 is 2.32 bits per heavy atom. The molecule has 0 aliphatic carbocycles. The van der Waals surface area contributed by atoms with E-state index in [0.717, 1.165) is 16.8 Å². The molecule has 0 radical (unpaired) electrons. The fourth-order valence-electron chi connectivity index (χ4n) is 3.36. The van der Waals surface area contributed by atoms with E-state index in [9.17, 15) is 23.1 Å². The van der Waals surface area contributed by atoms with Crippen LogP contribution < -0.4 is 15.0 Å². The molecule has 4 aromatic rings. The van der Waals surface area contributed by atoms with Gasteiger partial charge in [0.25, 0.3) is 5.56 Å². The van der Waals surface area contributed by atoms with Gasteiger partial charge in [0, 0.05) is 11.1 Å². The Labute approximate surface area is 191 Å². The molecule has 1 N–H and O–H groups in total. The highest BCUT2D eigenvalue weighted by atomic mass is 19.4. The first-order chi connectivity index (χ1) is 16.2. The first-order valence-electron chi connectivity index (χ1n) is 9.91. The van der Waals surface area contributed by atoms with Crippen LogP contribution in [-0.4, -0.2) is 35.2 Å². The molecular weight excluding hydrogens is 451 g/mol. The number of halogens is 3. The number of benzene rings is 3. The molecule has 4 rings (SSSR count). The van der Waals surface area contributed by atoms with Crippen LogP contribution in [0.2, 0.25) is 0 Å². The van der Waals surface area contributed by atoms with Crippen LogP contribution in [0.1, 0.15) is 11.1 Å². The van der Waals surface area contributed by atoms with E-state index in [-0.39, 0.29) is 34.0 Å². The van der Waals surface area contributed by atoms with Crippen LogP contribution in [0.25, 0.3) is 22.3 Å². The van der Waals surface area contributed by atoms with Crippen LogP contribution in [0.3, 0.4) is 0 Å². The van der Waals surface area contributed by atoms with Gasteiger partial charge in [0.15, 0.2) is 17.3 Å². The fourth-order valence-corrected chi connectivity index (χ4v) is 3.36. The number of ether oxygens (including phenoxy) is 2. The summed E-state index contributed by atoms with van der Waals surface area (Å²) in [6, 6.07) is 13.9. The van der Waals surface area contributed by atoms with Crippen molar-refractivity contribution < 1.29 is 27.8 Å². The molecule has 0 saturated carbocycles. The summed E-state index contributed by atoms with van der Waals surface area (Å²) in [6.07, 6.45) is -3.28. The van der Waals surface area contributed by atoms with Crippen molar-refractivity contribution in [2.45, 2.75) is 6.18 Å². The molecule has 0 aliphatic heterocycles. The van der Waals surface area contributed by atoms with Gasteiger partial charge in [0.2, 0.25) is 5.75 Å². The Bertz CT molecular complexity index is 1440. The summed E-state index contributed by atoms with van der Waals surface area (Å²) in [4.78, 5) is 17.6. The summed E-state index contributed by atoms with van der Waals surface area (Å²) >= 11 is 0. The molecule has 7 nitrogen and oxygen atoms in total. The summed E-state index contributed by atoms with van der Waals surface area (Å²) in [5.74, 6) is -0.0501. The van der Waals surface area contributed by atoms with E-state index in [0.29, 0.717) is 11.1 Å². The van der Waals surface area contributed by atoms with Crippen LogP contribution in [0.5, 0.6) is 17.2 Å². The van der Waals surface area contributed by atoms with E-state index < -0.39 is 17.3 Å². The van der Waals surface area contributed by atoms with Gasteiger partial charge in [-0.1, -0.05) is 24.3 Å². The number of para-hydroxylation sites is 1. The third-order valence-corrected chi connectivity index (χ3v) is 5.03. The predicted molar refractivity (Wildman–Crippen MR) is 121 cm³/mol. The largest absolute Gasteiger partial charge is 0.502 e. The smallest absolute Gasteiger partial charge is 0.416 e. The molecule has 1 aromatic heterocycles. The third kappa shape index (κ3) is 4.29. The second-order valence-electron chi connectivity index (χ2n) is 7.17. The van der Waals surface area contributed by atoms with E-state index in [2.05, 4.69) is 10.1 Å². The fraction of sp³-hybridized carbons (Fsp3) is 0.125. The minimum Gasteiger partial charge on any atom is -0.502 e. The molecule has 34 heavy (non-hydrogen) atoms. The van der Waals surface area contributed by atoms with Crippen molar-refractivity contribution in [3.63, 3.8) is 0 Å². The molecule has 0 fully saturated rings. The van der Waals surface area contributed by atoms with Gasteiger partial charge >= 0.3 is 6.18 Å². The summed E-state index contributed by atoms with van der Waals surface area (Å²) in [5, 5.41) is 14.6. The van der Waals surface area contributed by atoms with E-state index >= 15 is 0 Å². The van der Waals surface area contributed by atoms with E-state index in [4.69, 9.17) is 9.47 Å². The predicted octanol–water partition coefficient (Wildman–Crippen LogP) is 4.69. The number of phenolic OH excluding ortho intramolecular Hbond substituents is 1. The van der Waals surface area contributed by atoms with Gasteiger partial charge in [-0.25, -0.2) is 4.98 Å². The molecule has 0 bridgehead atoms. The van der Waals surface area contributed by atoms with Gasteiger partial charge in [-0.05, 0) is 36.4 Å². The zero-order valence-electron chi connectivity index (χ0n) is 18.0. The summed E-state index contributed by atoms with van der Waals surface area (Å²) in [5.41, 5.74) is -0.653. The van der Waals surface area contributed by atoms with Crippen LogP contribution in [0, 0.1) is 0 Å². The summed E-state index contributed by atoms with van der Waals surface area (Å²) in [7, 11) is 2.72. The monoisotopic (exact) mass is 469 g/mol. The Balaban J connectivity index is 1.93. The number of methoxy groups -OCH3 is 2. The lowest BCUT2D eigenvalue weighted by Gasteiger charge is -2.12. The summed E-state index contributed by atoms with van der Waals surface area (Å²) < 4.78 is 51.1. The lowest BCUT2D eigenvalue weighted by molar-refractivity contribution is -0.137. The quantitative estimate of drug-likeness (QED) is 0.429. The van der Waals surface area contributed by atoms with Crippen LogP contribution in [-0.2, 0) is 6.18 Å². The molecule has 3 aromatic carbocycles. The molecule has 174 valence electrons. The molecule has 0 spiro atoms. The minimum atomic E-state index is -4.57. The average Bonchev–Trinajstić information content (AvgIpc) is 2.83. The van der Waals surface area contributed by atoms with E-state index in [1.807, 2.05) is 0 Å². The van der Waals surface area contributed by atoms with Gasteiger partial charge < -0.3 is 14.6 Å². The zero-order valence-corrected chi connectivity index (χ0v) is 18.0. The molecule has 10 heteroatoms. The van der Waals surface area contributed by atoms with E-state index in [1.54, 1.807) is 24.3 Å². The number of fused-ring (bicyclic) bond motifs is 1. The number of hydrogen-bond acceptors (Lipinski definition) is 6. The Morgan fingerprint density at radius 1 is 1.00 bits per heavy atom. The maximum atomic E-state index is 13.3. The third-order valence-electron chi connectivity index (χ3n) is 5.03. The number of aromatic hydroxyl groups is 1. The van der Waals surface area contributed by atoms with Crippen LogP contribution in [0.15, 0.2) is 70.6 Å².